The van der Waals surface area contributed by atoms with Crippen molar-refractivity contribution in [3.05, 3.63) is 0 Å². The molecule has 2 N–H and O–H groups in total. The molecule has 2 heteroatoms. The van der Waals surface area contributed by atoms with E-state index in [9.17, 15) is 0 Å². The van der Waals surface area contributed by atoms with E-state index in [-0.39, 0.29) is 6.10 Å². The van der Waals surface area contributed by atoms with Gasteiger partial charge in [-0.05, 0) is 25.8 Å². The van der Waals surface area contributed by atoms with Gasteiger partial charge in [-0.3, -0.25) is 0 Å². The summed E-state index contributed by atoms with van der Waals surface area (Å²) in [5, 5.41) is 12.5. The molecule has 0 atom stereocenters. The molecule has 0 aromatic carbocycles. The fraction of sp³-hybridized carbons (Fsp3) is 1.00. The van der Waals surface area contributed by atoms with Crippen LogP contribution in [0.5, 0.6) is 0 Å². The second-order valence-electron chi connectivity index (χ2n) is 4.19. The van der Waals surface area contributed by atoms with Gasteiger partial charge in [-0.2, -0.15) is 0 Å². The van der Waals surface area contributed by atoms with Gasteiger partial charge in [0.15, 0.2) is 0 Å². The van der Waals surface area contributed by atoms with Crippen LogP contribution in [-0.2, 0) is 0 Å². The lowest BCUT2D eigenvalue weighted by atomic mass is 9.89. The summed E-state index contributed by atoms with van der Waals surface area (Å²) < 4.78 is 0. The number of unbranched alkanes of at least 4 members (excludes halogenated alkanes) is 4. The third-order valence-electron chi connectivity index (χ3n) is 2.83. The maximum atomic E-state index is 9.05. The first-order chi connectivity index (χ1) is 6.33. The molecular weight excluding hydrogens is 162 g/mol. The Kier molecular flexibility index (Phi) is 5.40. The highest BCUT2D eigenvalue weighted by Gasteiger charge is 2.25. The zero-order valence-corrected chi connectivity index (χ0v) is 8.76. The van der Waals surface area contributed by atoms with Crippen molar-refractivity contribution in [3.8, 4) is 0 Å². The molecule has 0 bridgehead atoms. The summed E-state index contributed by atoms with van der Waals surface area (Å²) in [6.07, 6.45) is 8.65. The Hall–Kier alpha value is -0.0800. The van der Waals surface area contributed by atoms with E-state index >= 15 is 0 Å². The quantitative estimate of drug-likeness (QED) is 0.595. The molecule has 78 valence electrons. The highest BCUT2D eigenvalue weighted by atomic mass is 16.3. The third kappa shape index (κ3) is 4.63. The van der Waals surface area contributed by atoms with Gasteiger partial charge in [0.05, 0.1) is 6.10 Å². The molecule has 1 aliphatic carbocycles. The molecule has 0 radical (unpaired) electrons. The normalized spacial score (nSPS) is 27.2. The number of hydrogen-bond donors (Lipinski definition) is 2. The Labute approximate surface area is 81.7 Å². The van der Waals surface area contributed by atoms with Crippen LogP contribution >= 0.6 is 0 Å². The van der Waals surface area contributed by atoms with E-state index in [1.807, 2.05) is 0 Å². The van der Waals surface area contributed by atoms with Crippen LogP contribution in [0.3, 0.4) is 0 Å². The zero-order chi connectivity index (χ0) is 9.52. The van der Waals surface area contributed by atoms with Crippen molar-refractivity contribution < 1.29 is 5.11 Å². The van der Waals surface area contributed by atoms with Crippen LogP contribution in [0.15, 0.2) is 0 Å². The lowest BCUT2D eigenvalue weighted by Gasteiger charge is -2.32. The van der Waals surface area contributed by atoms with Gasteiger partial charge in [0.25, 0.3) is 0 Å². The molecule has 0 aromatic rings. The summed E-state index contributed by atoms with van der Waals surface area (Å²) in [4.78, 5) is 0. The number of nitrogens with one attached hydrogen (secondary N) is 1. The van der Waals surface area contributed by atoms with Crippen molar-refractivity contribution in [2.24, 2.45) is 0 Å². The molecule has 0 amide bonds. The van der Waals surface area contributed by atoms with E-state index in [1.165, 1.54) is 32.1 Å². The Morgan fingerprint density at radius 1 is 1.15 bits per heavy atom. The molecule has 0 heterocycles. The SMILES string of the molecule is CCCCCCCNC1CC(O)C1. The predicted octanol–water partition coefficient (Wildman–Crippen LogP) is 2.07. The fourth-order valence-corrected chi connectivity index (χ4v) is 1.79. The Morgan fingerprint density at radius 3 is 2.46 bits per heavy atom. The maximum Gasteiger partial charge on any atom is 0.0570 e. The van der Waals surface area contributed by atoms with Crippen molar-refractivity contribution in [1.82, 2.24) is 5.32 Å². The Morgan fingerprint density at radius 2 is 1.85 bits per heavy atom. The van der Waals surface area contributed by atoms with Crippen molar-refractivity contribution in [2.75, 3.05) is 6.54 Å². The number of aliphatic hydroxyl groups excluding tert-OH is 1. The van der Waals surface area contributed by atoms with E-state index in [2.05, 4.69) is 12.2 Å². The first-order valence-electron chi connectivity index (χ1n) is 5.74. The average molecular weight is 185 g/mol. The Bertz CT molecular complexity index is 121. The summed E-state index contributed by atoms with van der Waals surface area (Å²) >= 11 is 0. The van der Waals surface area contributed by atoms with Gasteiger partial charge in [0.1, 0.15) is 0 Å². The zero-order valence-electron chi connectivity index (χ0n) is 8.76. The smallest absolute Gasteiger partial charge is 0.0570 e. The second kappa shape index (κ2) is 6.39. The molecule has 0 spiro atoms. The summed E-state index contributed by atoms with van der Waals surface area (Å²) in [5.74, 6) is 0. The van der Waals surface area contributed by atoms with Crippen molar-refractivity contribution >= 4 is 0 Å². The molecule has 0 aromatic heterocycles. The molecule has 1 rings (SSSR count). The molecule has 2 nitrogen and oxygen atoms in total. The van der Waals surface area contributed by atoms with E-state index in [0.717, 1.165) is 19.4 Å². The lowest BCUT2D eigenvalue weighted by molar-refractivity contribution is 0.0626. The monoisotopic (exact) mass is 185 g/mol. The van der Waals surface area contributed by atoms with E-state index in [1.54, 1.807) is 0 Å². The summed E-state index contributed by atoms with van der Waals surface area (Å²) in [6, 6.07) is 0.612. The van der Waals surface area contributed by atoms with Crippen molar-refractivity contribution in [1.29, 1.82) is 0 Å². The minimum absolute atomic E-state index is 0.0161. The van der Waals surface area contributed by atoms with Gasteiger partial charge in [0, 0.05) is 6.04 Å². The summed E-state index contributed by atoms with van der Waals surface area (Å²) in [5.41, 5.74) is 0. The van der Waals surface area contributed by atoms with Crippen LogP contribution in [0, 0.1) is 0 Å². The van der Waals surface area contributed by atoms with Crippen LogP contribution in [0.4, 0.5) is 0 Å². The van der Waals surface area contributed by atoms with E-state index in [4.69, 9.17) is 5.11 Å². The minimum atomic E-state index is -0.0161. The predicted molar refractivity (Wildman–Crippen MR) is 55.8 cm³/mol. The van der Waals surface area contributed by atoms with Crippen LogP contribution < -0.4 is 5.32 Å². The Balaban J connectivity index is 1.74. The average Bonchev–Trinajstić information content (AvgIpc) is 2.07. The van der Waals surface area contributed by atoms with E-state index < -0.39 is 0 Å². The van der Waals surface area contributed by atoms with Gasteiger partial charge in [0.2, 0.25) is 0 Å². The van der Waals surface area contributed by atoms with Gasteiger partial charge in [-0.15, -0.1) is 0 Å². The van der Waals surface area contributed by atoms with Gasteiger partial charge in [-0.25, -0.2) is 0 Å². The molecular formula is C11H23NO. The van der Waals surface area contributed by atoms with Gasteiger partial charge in [-0.1, -0.05) is 32.6 Å². The van der Waals surface area contributed by atoms with Crippen LogP contribution in [-0.4, -0.2) is 23.8 Å². The highest BCUT2D eigenvalue weighted by molar-refractivity contribution is 4.84. The first kappa shape index (κ1) is 11.0. The molecule has 0 aliphatic heterocycles. The third-order valence-corrected chi connectivity index (χ3v) is 2.83. The molecule has 1 aliphatic rings. The standard InChI is InChI=1S/C11H23NO/c1-2-3-4-5-6-7-12-10-8-11(13)9-10/h10-13H,2-9H2,1H3. The van der Waals surface area contributed by atoms with Crippen LogP contribution in [0.25, 0.3) is 0 Å². The topological polar surface area (TPSA) is 32.3 Å². The van der Waals surface area contributed by atoms with Crippen LogP contribution in [0.1, 0.15) is 51.9 Å². The van der Waals surface area contributed by atoms with Gasteiger partial charge >= 0.3 is 0 Å². The molecule has 1 saturated carbocycles. The first-order valence-corrected chi connectivity index (χ1v) is 5.74. The molecule has 0 unspecified atom stereocenters. The van der Waals surface area contributed by atoms with Crippen LogP contribution in [0.2, 0.25) is 0 Å². The minimum Gasteiger partial charge on any atom is -0.393 e. The number of hydrogen-bond acceptors (Lipinski definition) is 2. The molecule has 1 fully saturated rings. The summed E-state index contributed by atoms with van der Waals surface area (Å²) in [7, 11) is 0. The van der Waals surface area contributed by atoms with Gasteiger partial charge < -0.3 is 10.4 Å². The van der Waals surface area contributed by atoms with Crippen molar-refractivity contribution in [2.45, 2.75) is 64.0 Å². The summed E-state index contributed by atoms with van der Waals surface area (Å²) in [6.45, 7) is 3.38. The maximum absolute atomic E-state index is 9.05. The number of rotatable bonds is 7. The lowest BCUT2D eigenvalue weighted by Crippen LogP contribution is -2.44. The molecule has 0 saturated heterocycles. The largest absolute Gasteiger partial charge is 0.393 e. The van der Waals surface area contributed by atoms with E-state index in [0.29, 0.717) is 6.04 Å². The second-order valence-corrected chi connectivity index (χ2v) is 4.19. The molecule has 13 heavy (non-hydrogen) atoms. The number of aliphatic hydroxyl groups is 1. The van der Waals surface area contributed by atoms with Crippen molar-refractivity contribution in [3.63, 3.8) is 0 Å². The fourth-order valence-electron chi connectivity index (χ4n) is 1.79. The highest BCUT2D eigenvalue weighted by Crippen LogP contribution is 2.19.